The van der Waals surface area contributed by atoms with Crippen LogP contribution in [0.5, 0.6) is 0 Å². The SMILES string of the molecule is CCCNc1cc(C(C)(C)C)nc(-c2cc(Br)cs2)n1. The fourth-order valence-corrected chi connectivity index (χ4v) is 3.08. The average molecular weight is 354 g/mol. The normalized spacial score (nSPS) is 11.7. The summed E-state index contributed by atoms with van der Waals surface area (Å²) in [6.07, 6.45) is 1.08. The van der Waals surface area contributed by atoms with Gasteiger partial charge in [0.25, 0.3) is 0 Å². The second-order valence-electron chi connectivity index (χ2n) is 5.77. The first kappa shape index (κ1) is 15.4. The van der Waals surface area contributed by atoms with Gasteiger partial charge in [0.2, 0.25) is 0 Å². The molecule has 0 spiro atoms. The van der Waals surface area contributed by atoms with E-state index in [1.165, 1.54) is 0 Å². The summed E-state index contributed by atoms with van der Waals surface area (Å²) >= 11 is 5.14. The third-order valence-electron chi connectivity index (χ3n) is 2.84. The first-order chi connectivity index (χ1) is 9.40. The molecule has 3 nitrogen and oxygen atoms in total. The maximum absolute atomic E-state index is 4.73. The molecule has 0 aromatic carbocycles. The lowest BCUT2D eigenvalue weighted by Gasteiger charge is -2.19. The Morgan fingerprint density at radius 1 is 1.25 bits per heavy atom. The molecule has 0 radical (unpaired) electrons. The maximum atomic E-state index is 4.73. The van der Waals surface area contributed by atoms with Gasteiger partial charge < -0.3 is 5.32 Å². The van der Waals surface area contributed by atoms with Crippen molar-refractivity contribution in [2.24, 2.45) is 0 Å². The number of hydrogen-bond donors (Lipinski definition) is 1. The summed E-state index contributed by atoms with van der Waals surface area (Å²) in [4.78, 5) is 10.5. The van der Waals surface area contributed by atoms with Crippen LogP contribution in [0.4, 0.5) is 5.82 Å². The van der Waals surface area contributed by atoms with Crippen molar-refractivity contribution in [3.8, 4) is 10.7 Å². The molecule has 1 N–H and O–H groups in total. The third kappa shape index (κ3) is 3.79. The van der Waals surface area contributed by atoms with Gasteiger partial charge >= 0.3 is 0 Å². The zero-order valence-corrected chi connectivity index (χ0v) is 14.7. The second kappa shape index (κ2) is 6.22. The number of rotatable bonds is 4. The molecule has 0 unspecified atom stereocenters. The first-order valence-electron chi connectivity index (χ1n) is 6.78. The molecular weight excluding hydrogens is 334 g/mol. The fraction of sp³-hybridized carbons (Fsp3) is 0.467. The quantitative estimate of drug-likeness (QED) is 0.831. The molecule has 0 bridgehead atoms. The van der Waals surface area contributed by atoms with Gasteiger partial charge in [-0.15, -0.1) is 11.3 Å². The Bertz CT molecular complexity index is 587. The van der Waals surface area contributed by atoms with Crippen LogP contribution in [-0.4, -0.2) is 16.5 Å². The van der Waals surface area contributed by atoms with Gasteiger partial charge in [-0.3, -0.25) is 0 Å². The fourth-order valence-electron chi connectivity index (χ4n) is 1.72. The molecule has 2 heterocycles. The standard InChI is InChI=1S/C15H20BrN3S/c1-5-6-17-13-8-12(15(2,3)4)18-14(19-13)11-7-10(16)9-20-11/h7-9H,5-6H2,1-4H3,(H,17,18,19). The number of halogens is 1. The van der Waals surface area contributed by atoms with Crippen molar-refractivity contribution in [3.05, 3.63) is 27.7 Å². The molecule has 2 rings (SSSR count). The number of nitrogens with zero attached hydrogens (tertiary/aromatic N) is 2. The van der Waals surface area contributed by atoms with Crippen molar-refractivity contribution in [1.29, 1.82) is 0 Å². The maximum Gasteiger partial charge on any atom is 0.171 e. The van der Waals surface area contributed by atoms with Gasteiger partial charge in [0, 0.05) is 27.9 Å². The molecule has 0 aliphatic rings. The van der Waals surface area contributed by atoms with Crippen LogP contribution in [0.1, 0.15) is 39.8 Å². The number of hydrogen-bond acceptors (Lipinski definition) is 4. The lowest BCUT2D eigenvalue weighted by molar-refractivity contribution is 0.568. The molecule has 2 aromatic heterocycles. The van der Waals surface area contributed by atoms with E-state index in [1.54, 1.807) is 11.3 Å². The number of aromatic nitrogens is 2. The van der Waals surface area contributed by atoms with Crippen LogP contribution in [0, 0.1) is 0 Å². The van der Waals surface area contributed by atoms with E-state index in [2.05, 4.69) is 71.4 Å². The van der Waals surface area contributed by atoms with E-state index < -0.39 is 0 Å². The highest BCUT2D eigenvalue weighted by Crippen LogP contribution is 2.30. The molecule has 0 amide bonds. The molecular formula is C15H20BrN3S. The summed E-state index contributed by atoms with van der Waals surface area (Å²) in [6.45, 7) is 9.59. The number of anilines is 1. The molecule has 20 heavy (non-hydrogen) atoms. The summed E-state index contributed by atoms with van der Waals surface area (Å²) in [7, 11) is 0. The predicted molar refractivity (Wildman–Crippen MR) is 90.5 cm³/mol. The third-order valence-corrected chi connectivity index (χ3v) is 4.53. The summed E-state index contributed by atoms with van der Waals surface area (Å²) in [5.74, 6) is 1.71. The Labute approximate surface area is 133 Å². The zero-order valence-electron chi connectivity index (χ0n) is 12.3. The van der Waals surface area contributed by atoms with Gasteiger partial charge in [-0.25, -0.2) is 9.97 Å². The summed E-state index contributed by atoms with van der Waals surface area (Å²) in [5, 5.41) is 5.42. The average Bonchev–Trinajstić information content (AvgIpc) is 2.82. The minimum atomic E-state index is 0.00876. The van der Waals surface area contributed by atoms with E-state index in [-0.39, 0.29) is 5.41 Å². The van der Waals surface area contributed by atoms with E-state index >= 15 is 0 Å². The van der Waals surface area contributed by atoms with Crippen molar-refractivity contribution in [3.63, 3.8) is 0 Å². The van der Waals surface area contributed by atoms with E-state index in [0.717, 1.165) is 39.7 Å². The van der Waals surface area contributed by atoms with E-state index in [4.69, 9.17) is 4.98 Å². The van der Waals surface area contributed by atoms with Crippen molar-refractivity contribution in [2.75, 3.05) is 11.9 Å². The first-order valence-corrected chi connectivity index (χ1v) is 8.45. The van der Waals surface area contributed by atoms with Crippen LogP contribution in [0.3, 0.4) is 0 Å². The van der Waals surface area contributed by atoms with Gasteiger partial charge in [0.1, 0.15) is 5.82 Å². The summed E-state index contributed by atoms with van der Waals surface area (Å²) in [6, 6.07) is 4.12. The minimum absolute atomic E-state index is 0.00876. The second-order valence-corrected chi connectivity index (χ2v) is 7.59. The van der Waals surface area contributed by atoms with Crippen LogP contribution >= 0.6 is 27.3 Å². The van der Waals surface area contributed by atoms with E-state index in [9.17, 15) is 0 Å². The Hall–Kier alpha value is -0.940. The smallest absolute Gasteiger partial charge is 0.171 e. The molecule has 5 heteroatoms. The van der Waals surface area contributed by atoms with Crippen molar-refractivity contribution in [1.82, 2.24) is 9.97 Å². The lowest BCUT2D eigenvalue weighted by atomic mass is 9.92. The minimum Gasteiger partial charge on any atom is -0.370 e. The van der Waals surface area contributed by atoms with Crippen LogP contribution < -0.4 is 5.32 Å². The highest BCUT2D eigenvalue weighted by molar-refractivity contribution is 9.10. The Balaban J connectivity index is 2.45. The van der Waals surface area contributed by atoms with Gasteiger partial charge in [0.05, 0.1) is 10.6 Å². The van der Waals surface area contributed by atoms with Crippen molar-refractivity contribution < 1.29 is 0 Å². The number of nitrogens with one attached hydrogen (secondary N) is 1. The van der Waals surface area contributed by atoms with Gasteiger partial charge in [-0.05, 0) is 28.4 Å². The summed E-state index contributed by atoms with van der Waals surface area (Å²) in [5.41, 5.74) is 1.07. The van der Waals surface area contributed by atoms with E-state index in [0.29, 0.717) is 0 Å². The van der Waals surface area contributed by atoms with Gasteiger partial charge in [0.15, 0.2) is 5.82 Å². The molecule has 0 fully saturated rings. The van der Waals surface area contributed by atoms with Crippen molar-refractivity contribution in [2.45, 2.75) is 39.5 Å². The number of thiophene rings is 1. The Kier molecular flexibility index (Phi) is 4.81. The van der Waals surface area contributed by atoms with Crippen LogP contribution in [0.15, 0.2) is 22.0 Å². The Morgan fingerprint density at radius 3 is 2.55 bits per heavy atom. The topological polar surface area (TPSA) is 37.8 Å². The molecule has 108 valence electrons. The molecule has 0 aliphatic heterocycles. The molecule has 0 aliphatic carbocycles. The lowest BCUT2D eigenvalue weighted by Crippen LogP contribution is -2.16. The molecule has 0 atom stereocenters. The van der Waals surface area contributed by atoms with Crippen LogP contribution in [0.25, 0.3) is 10.7 Å². The van der Waals surface area contributed by atoms with Crippen LogP contribution in [-0.2, 0) is 5.41 Å². The zero-order chi connectivity index (χ0) is 14.8. The predicted octanol–water partition coefficient (Wildman–Crippen LogP) is 5.09. The van der Waals surface area contributed by atoms with Crippen molar-refractivity contribution >= 4 is 33.1 Å². The van der Waals surface area contributed by atoms with Crippen LogP contribution in [0.2, 0.25) is 0 Å². The van der Waals surface area contributed by atoms with Gasteiger partial charge in [-0.2, -0.15) is 0 Å². The molecule has 2 aromatic rings. The largest absolute Gasteiger partial charge is 0.370 e. The molecule has 0 saturated heterocycles. The monoisotopic (exact) mass is 353 g/mol. The van der Waals surface area contributed by atoms with Gasteiger partial charge in [-0.1, -0.05) is 27.7 Å². The highest BCUT2D eigenvalue weighted by atomic mass is 79.9. The highest BCUT2D eigenvalue weighted by Gasteiger charge is 2.19. The van der Waals surface area contributed by atoms with E-state index in [1.807, 2.05) is 0 Å². The Morgan fingerprint density at radius 2 is 2.00 bits per heavy atom. The molecule has 0 saturated carbocycles. The summed E-state index contributed by atoms with van der Waals surface area (Å²) < 4.78 is 1.07.